The predicted octanol–water partition coefficient (Wildman–Crippen LogP) is 0.296. The third-order valence-corrected chi connectivity index (χ3v) is 1.79. The van der Waals surface area contributed by atoms with Crippen molar-refractivity contribution in [3.63, 3.8) is 0 Å². The summed E-state index contributed by atoms with van der Waals surface area (Å²) in [4.78, 5) is 0. The van der Waals surface area contributed by atoms with Crippen LogP contribution in [0.3, 0.4) is 0 Å². The molecule has 2 atom stereocenters. The van der Waals surface area contributed by atoms with Gasteiger partial charge < -0.3 is 20.1 Å². The molecule has 0 saturated carbocycles. The van der Waals surface area contributed by atoms with E-state index < -0.39 is 17.8 Å². The lowest BCUT2D eigenvalue weighted by Gasteiger charge is -2.22. The molecule has 4 heteroatoms. The fourth-order valence-electron chi connectivity index (χ4n) is 1.30. The monoisotopic (exact) mass is 206 g/mol. The summed E-state index contributed by atoms with van der Waals surface area (Å²) in [6.45, 7) is 5.90. The number of hydrogen-bond donors (Lipinski definition) is 3. The van der Waals surface area contributed by atoms with E-state index in [0.29, 0.717) is 6.61 Å². The molecule has 0 rings (SSSR count). The van der Waals surface area contributed by atoms with E-state index in [1.54, 1.807) is 13.8 Å². The lowest BCUT2D eigenvalue weighted by molar-refractivity contribution is -0.0212. The zero-order chi connectivity index (χ0) is 11.2. The molecule has 0 aliphatic rings. The van der Waals surface area contributed by atoms with Crippen molar-refractivity contribution >= 4 is 0 Å². The smallest absolute Gasteiger partial charge is 0.0798 e. The number of hydrogen-bond acceptors (Lipinski definition) is 4. The van der Waals surface area contributed by atoms with E-state index in [4.69, 9.17) is 4.74 Å². The average Bonchev–Trinajstić information content (AvgIpc) is 1.96. The number of rotatable bonds is 7. The molecule has 0 spiro atoms. The lowest BCUT2D eigenvalue weighted by atomic mass is 9.97. The van der Waals surface area contributed by atoms with Crippen LogP contribution in [0.25, 0.3) is 0 Å². The van der Waals surface area contributed by atoms with Crippen LogP contribution in [0.5, 0.6) is 0 Å². The molecule has 0 bridgehead atoms. The van der Waals surface area contributed by atoms with Crippen molar-refractivity contribution in [2.45, 2.75) is 51.4 Å². The maximum atomic E-state index is 9.48. The minimum atomic E-state index is -0.898. The minimum Gasteiger partial charge on any atom is -0.393 e. The Morgan fingerprint density at radius 3 is 2.21 bits per heavy atom. The molecule has 4 nitrogen and oxygen atoms in total. The molecule has 0 saturated heterocycles. The zero-order valence-electron chi connectivity index (χ0n) is 9.23. The van der Waals surface area contributed by atoms with Crippen molar-refractivity contribution < 1.29 is 20.1 Å². The quantitative estimate of drug-likeness (QED) is 0.560. The fourth-order valence-corrected chi connectivity index (χ4v) is 1.30. The summed E-state index contributed by atoms with van der Waals surface area (Å²) in [6.07, 6.45) is -0.849. The summed E-state index contributed by atoms with van der Waals surface area (Å²) in [6, 6.07) is 0. The SMILES string of the molecule is CCOCC(O)CC(O)CC(C)(C)O. The Labute approximate surface area is 85.5 Å². The lowest BCUT2D eigenvalue weighted by Crippen LogP contribution is -2.30. The molecule has 0 aromatic rings. The first-order chi connectivity index (χ1) is 6.35. The van der Waals surface area contributed by atoms with Gasteiger partial charge in [0.05, 0.1) is 24.4 Å². The molecule has 3 N–H and O–H groups in total. The van der Waals surface area contributed by atoms with Gasteiger partial charge in [0.15, 0.2) is 0 Å². The normalized spacial score (nSPS) is 16.7. The van der Waals surface area contributed by atoms with Gasteiger partial charge in [-0.2, -0.15) is 0 Å². The maximum absolute atomic E-state index is 9.48. The van der Waals surface area contributed by atoms with Crippen LogP contribution in [0.2, 0.25) is 0 Å². The number of ether oxygens (including phenoxy) is 1. The van der Waals surface area contributed by atoms with E-state index in [2.05, 4.69) is 0 Å². The van der Waals surface area contributed by atoms with Gasteiger partial charge >= 0.3 is 0 Å². The summed E-state index contributed by atoms with van der Waals surface area (Å²) in [5.41, 5.74) is -0.898. The second-order valence-electron chi connectivity index (χ2n) is 4.22. The van der Waals surface area contributed by atoms with Crippen LogP contribution >= 0.6 is 0 Å². The summed E-state index contributed by atoms with van der Waals surface area (Å²) < 4.78 is 5.00. The van der Waals surface area contributed by atoms with Gasteiger partial charge in [0.1, 0.15) is 0 Å². The molecule has 0 amide bonds. The Balaban J connectivity index is 3.65. The van der Waals surface area contributed by atoms with Gasteiger partial charge in [0.2, 0.25) is 0 Å². The fraction of sp³-hybridized carbons (Fsp3) is 1.00. The van der Waals surface area contributed by atoms with Crippen molar-refractivity contribution in [2.75, 3.05) is 13.2 Å². The van der Waals surface area contributed by atoms with Crippen LogP contribution in [0.15, 0.2) is 0 Å². The van der Waals surface area contributed by atoms with Crippen LogP contribution in [0.1, 0.15) is 33.6 Å². The molecule has 14 heavy (non-hydrogen) atoms. The first-order valence-electron chi connectivity index (χ1n) is 5.01. The Kier molecular flexibility index (Phi) is 6.27. The summed E-state index contributed by atoms with van der Waals surface area (Å²) in [7, 11) is 0. The molecule has 0 aliphatic carbocycles. The number of aliphatic hydroxyl groups is 3. The molecule has 0 aliphatic heterocycles. The van der Waals surface area contributed by atoms with Crippen LogP contribution < -0.4 is 0 Å². The standard InChI is InChI=1S/C10H22O4/c1-4-14-7-9(12)5-8(11)6-10(2,3)13/h8-9,11-13H,4-7H2,1-3H3. The molecule has 0 aromatic carbocycles. The van der Waals surface area contributed by atoms with Crippen molar-refractivity contribution in [1.82, 2.24) is 0 Å². The topological polar surface area (TPSA) is 69.9 Å². The van der Waals surface area contributed by atoms with Gasteiger partial charge in [0, 0.05) is 19.4 Å². The highest BCUT2D eigenvalue weighted by Crippen LogP contribution is 2.14. The van der Waals surface area contributed by atoms with Crippen molar-refractivity contribution in [2.24, 2.45) is 0 Å². The number of aliphatic hydroxyl groups excluding tert-OH is 2. The van der Waals surface area contributed by atoms with Crippen molar-refractivity contribution in [3.8, 4) is 0 Å². The van der Waals surface area contributed by atoms with Gasteiger partial charge in [-0.3, -0.25) is 0 Å². The summed E-state index contributed by atoms with van der Waals surface area (Å²) >= 11 is 0. The Bertz CT molecular complexity index is 142. The van der Waals surface area contributed by atoms with E-state index in [0.717, 1.165) is 0 Å². The minimum absolute atomic E-state index is 0.236. The van der Waals surface area contributed by atoms with Crippen LogP contribution in [-0.4, -0.2) is 46.3 Å². The summed E-state index contributed by atoms with van der Waals surface area (Å²) in [5.74, 6) is 0. The highest BCUT2D eigenvalue weighted by molar-refractivity contribution is 4.73. The Morgan fingerprint density at radius 2 is 1.79 bits per heavy atom. The van der Waals surface area contributed by atoms with E-state index in [1.807, 2.05) is 6.92 Å². The van der Waals surface area contributed by atoms with E-state index >= 15 is 0 Å². The van der Waals surface area contributed by atoms with Gasteiger partial charge in [-0.05, 0) is 20.8 Å². The largest absolute Gasteiger partial charge is 0.393 e. The van der Waals surface area contributed by atoms with Crippen LogP contribution in [-0.2, 0) is 4.74 Å². The Hall–Kier alpha value is -0.160. The first-order valence-corrected chi connectivity index (χ1v) is 5.01. The molecule has 0 radical (unpaired) electrons. The van der Waals surface area contributed by atoms with Gasteiger partial charge in [0.25, 0.3) is 0 Å². The molecular formula is C10H22O4. The highest BCUT2D eigenvalue weighted by atomic mass is 16.5. The van der Waals surface area contributed by atoms with E-state index in [-0.39, 0.29) is 19.4 Å². The highest BCUT2D eigenvalue weighted by Gasteiger charge is 2.20. The Morgan fingerprint density at radius 1 is 1.21 bits per heavy atom. The molecule has 2 unspecified atom stereocenters. The molecule has 86 valence electrons. The van der Waals surface area contributed by atoms with E-state index in [1.165, 1.54) is 0 Å². The summed E-state index contributed by atoms with van der Waals surface area (Å²) in [5, 5.41) is 28.3. The second-order valence-corrected chi connectivity index (χ2v) is 4.22. The molecule has 0 fully saturated rings. The predicted molar refractivity (Wildman–Crippen MR) is 54.0 cm³/mol. The van der Waals surface area contributed by atoms with E-state index in [9.17, 15) is 15.3 Å². The van der Waals surface area contributed by atoms with Gasteiger partial charge in [-0.1, -0.05) is 0 Å². The molecule has 0 aromatic heterocycles. The third-order valence-electron chi connectivity index (χ3n) is 1.79. The molecular weight excluding hydrogens is 184 g/mol. The van der Waals surface area contributed by atoms with Crippen molar-refractivity contribution in [1.29, 1.82) is 0 Å². The zero-order valence-corrected chi connectivity index (χ0v) is 9.23. The first kappa shape index (κ1) is 13.8. The van der Waals surface area contributed by atoms with Crippen molar-refractivity contribution in [3.05, 3.63) is 0 Å². The van der Waals surface area contributed by atoms with Gasteiger partial charge in [-0.15, -0.1) is 0 Å². The third kappa shape index (κ3) is 8.44. The van der Waals surface area contributed by atoms with Crippen LogP contribution in [0, 0.1) is 0 Å². The van der Waals surface area contributed by atoms with Crippen LogP contribution in [0.4, 0.5) is 0 Å². The maximum Gasteiger partial charge on any atom is 0.0798 e. The molecule has 0 heterocycles. The van der Waals surface area contributed by atoms with Gasteiger partial charge in [-0.25, -0.2) is 0 Å². The second kappa shape index (κ2) is 6.35. The average molecular weight is 206 g/mol.